The molecular weight excluding hydrogens is 731 g/mol. The molecule has 1 nitrogen and oxygen atoms in total. The zero-order valence-corrected chi connectivity index (χ0v) is 36.1. The van der Waals surface area contributed by atoms with Crippen molar-refractivity contribution in [2.75, 3.05) is 4.90 Å². The summed E-state index contributed by atoms with van der Waals surface area (Å²) in [6, 6.07) is 57.9. The van der Waals surface area contributed by atoms with Gasteiger partial charge in [0.05, 0.1) is 0 Å². The Kier molecular flexibility index (Phi) is 7.67. The van der Waals surface area contributed by atoms with Crippen LogP contribution < -0.4 is 4.90 Å². The monoisotopic (exact) mass is 779 g/mol. The lowest BCUT2D eigenvalue weighted by Gasteiger charge is -2.31. The van der Waals surface area contributed by atoms with E-state index >= 15 is 0 Å². The van der Waals surface area contributed by atoms with Crippen molar-refractivity contribution in [2.45, 2.75) is 71.6 Å². The van der Waals surface area contributed by atoms with Gasteiger partial charge < -0.3 is 4.90 Å². The maximum atomic E-state index is 2.53. The van der Waals surface area contributed by atoms with E-state index in [2.05, 4.69) is 212 Å². The number of hydrogen-bond donors (Lipinski definition) is 0. The molecule has 59 heavy (non-hydrogen) atoms. The molecular formula is C57H49NS. The van der Waals surface area contributed by atoms with Gasteiger partial charge in [-0.3, -0.25) is 0 Å². The van der Waals surface area contributed by atoms with Crippen molar-refractivity contribution in [2.24, 2.45) is 0 Å². The van der Waals surface area contributed by atoms with Gasteiger partial charge in [0.2, 0.25) is 0 Å². The third-order valence-corrected chi connectivity index (χ3v) is 15.3. The Hall–Kier alpha value is -5.96. The van der Waals surface area contributed by atoms with Crippen LogP contribution in [0.25, 0.3) is 54.3 Å². The summed E-state index contributed by atoms with van der Waals surface area (Å²) in [5.41, 5.74) is 24.7. The van der Waals surface area contributed by atoms with Gasteiger partial charge in [0.1, 0.15) is 0 Å². The normalized spacial score (nSPS) is 15.5. The first kappa shape index (κ1) is 36.1. The molecule has 0 bridgehead atoms. The third kappa shape index (κ3) is 5.15. The highest BCUT2D eigenvalue weighted by Gasteiger charge is 2.43. The van der Waals surface area contributed by atoms with Crippen molar-refractivity contribution in [1.82, 2.24) is 0 Å². The first-order chi connectivity index (χ1) is 28.3. The fourth-order valence-corrected chi connectivity index (χ4v) is 12.2. The van der Waals surface area contributed by atoms with Crippen molar-refractivity contribution >= 4 is 28.4 Å². The SMILES string of the molecule is Cc1ccc(-c2sc(-c3ccc(C)cc3)c3c2-c2ccc(N(c4ccc5c(c4)C(C)(C)c4ccccc4-5)c4ccc5c(c4)C(C)(C)c4ccccc4-5)cc2C3(C)C)cc1. The van der Waals surface area contributed by atoms with E-state index in [9.17, 15) is 0 Å². The van der Waals surface area contributed by atoms with Gasteiger partial charge >= 0.3 is 0 Å². The number of anilines is 3. The van der Waals surface area contributed by atoms with Crippen LogP contribution in [0.1, 0.15) is 86.1 Å². The summed E-state index contributed by atoms with van der Waals surface area (Å²) in [7, 11) is 0. The van der Waals surface area contributed by atoms with Crippen molar-refractivity contribution in [3.63, 3.8) is 0 Å². The van der Waals surface area contributed by atoms with Crippen LogP contribution in [0, 0.1) is 13.8 Å². The van der Waals surface area contributed by atoms with Gasteiger partial charge in [-0.05, 0) is 123 Å². The Labute approximate surface area is 353 Å². The topological polar surface area (TPSA) is 3.24 Å². The maximum Gasteiger partial charge on any atom is 0.0465 e. The minimum atomic E-state index is -0.227. The largest absolute Gasteiger partial charge is 0.310 e. The highest BCUT2D eigenvalue weighted by molar-refractivity contribution is 7.19. The van der Waals surface area contributed by atoms with E-state index < -0.39 is 0 Å². The predicted octanol–water partition coefficient (Wildman–Crippen LogP) is 16.1. The van der Waals surface area contributed by atoms with Crippen molar-refractivity contribution < 1.29 is 0 Å². The van der Waals surface area contributed by atoms with Crippen LogP contribution in [0.2, 0.25) is 0 Å². The van der Waals surface area contributed by atoms with Gasteiger partial charge in [0.25, 0.3) is 0 Å². The van der Waals surface area contributed by atoms with Gasteiger partial charge in [-0.15, -0.1) is 11.3 Å². The molecule has 1 aromatic heterocycles. The molecule has 8 aromatic rings. The minimum absolute atomic E-state index is 0.109. The molecule has 2 heteroatoms. The van der Waals surface area contributed by atoms with E-state index in [1.165, 1.54) is 116 Å². The van der Waals surface area contributed by atoms with E-state index in [4.69, 9.17) is 0 Å². The quantitative estimate of drug-likeness (QED) is 0.168. The highest BCUT2D eigenvalue weighted by Crippen LogP contribution is 2.61. The summed E-state index contributed by atoms with van der Waals surface area (Å²) in [4.78, 5) is 5.26. The minimum Gasteiger partial charge on any atom is -0.310 e. The van der Waals surface area contributed by atoms with Crippen LogP contribution >= 0.6 is 11.3 Å². The molecule has 0 atom stereocenters. The summed E-state index contributed by atoms with van der Waals surface area (Å²) in [6.07, 6.45) is 0. The summed E-state index contributed by atoms with van der Waals surface area (Å²) in [5.74, 6) is 0. The van der Waals surface area contributed by atoms with Crippen molar-refractivity contribution in [3.05, 3.63) is 196 Å². The molecule has 1 heterocycles. The summed E-state index contributed by atoms with van der Waals surface area (Å²) < 4.78 is 0. The molecule has 3 aliphatic carbocycles. The van der Waals surface area contributed by atoms with Gasteiger partial charge in [-0.2, -0.15) is 0 Å². The van der Waals surface area contributed by atoms with Crippen LogP contribution in [0.15, 0.2) is 152 Å². The average molecular weight is 780 g/mol. The van der Waals surface area contributed by atoms with Crippen molar-refractivity contribution in [3.8, 4) is 54.3 Å². The lowest BCUT2D eigenvalue weighted by Crippen LogP contribution is -2.19. The number of hydrogen-bond acceptors (Lipinski definition) is 2. The highest BCUT2D eigenvalue weighted by atomic mass is 32.1. The van der Waals surface area contributed by atoms with Crippen LogP contribution in [-0.4, -0.2) is 0 Å². The van der Waals surface area contributed by atoms with Crippen molar-refractivity contribution in [1.29, 1.82) is 0 Å². The number of fused-ring (bicyclic) bond motifs is 9. The molecule has 288 valence electrons. The first-order valence-electron chi connectivity index (χ1n) is 21.1. The fraction of sp³-hybridized carbons (Fsp3) is 0.193. The number of aryl methyl sites for hydroxylation is 2. The molecule has 0 unspecified atom stereocenters. The molecule has 0 spiro atoms. The Bertz CT molecular complexity index is 2920. The number of thiophene rings is 1. The van der Waals surface area contributed by atoms with Crippen LogP contribution in [0.4, 0.5) is 17.1 Å². The van der Waals surface area contributed by atoms with Gasteiger partial charge in [-0.1, -0.05) is 168 Å². The van der Waals surface area contributed by atoms with E-state index in [0.717, 1.165) is 0 Å². The lowest BCUT2D eigenvalue weighted by atomic mass is 9.81. The molecule has 11 rings (SSSR count). The van der Waals surface area contributed by atoms with Crippen LogP contribution in [0.3, 0.4) is 0 Å². The molecule has 0 amide bonds. The Balaban J connectivity index is 1.12. The smallest absolute Gasteiger partial charge is 0.0465 e. The summed E-state index contributed by atoms with van der Waals surface area (Å²) in [6.45, 7) is 18.8. The average Bonchev–Trinajstić information content (AvgIpc) is 3.89. The number of rotatable bonds is 5. The second kappa shape index (κ2) is 12.5. The summed E-state index contributed by atoms with van der Waals surface area (Å²) >= 11 is 1.95. The maximum absolute atomic E-state index is 2.53. The number of benzene rings is 7. The van der Waals surface area contributed by atoms with E-state index in [0.29, 0.717) is 0 Å². The standard InChI is InChI=1S/C57H49NS/c1-34-17-21-36(22-18-34)53-51-45-30-27-40(33-50(45)57(7,8)52(51)54(59-53)37-23-19-35(2)20-24-37)58(38-25-28-43-41-13-9-11-15-46(41)55(3,4)48(43)31-38)39-26-29-44-42-14-10-12-16-47(42)56(5,6)49(44)32-39/h9-33H,1-8H3. The molecule has 0 aliphatic heterocycles. The first-order valence-corrected chi connectivity index (χ1v) is 21.9. The predicted molar refractivity (Wildman–Crippen MR) is 252 cm³/mol. The molecule has 0 radical (unpaired) electrons. The Morgan fingerprint density at radius 1 is 0.373 bits per heavy atom. The molecule has 7 aromatic carbocycles. The van der Waals surface area contributed by atoms with Crippen LogP contribution in [0.5, 0.6) is 0 Å². The Morgan fingerprint density at radius 2 is 0.763 bits per heavy atom. The van der Waals surface area contributed by atoms with Gasteiger partial charge in [-0.25, -0.2) is 0 Å². The molecule has 0 saturated carbocycles. The molecule has 0 N–H and O–H groups in total. The zero-order valence-electron chi connectivity index (χ0n) is 35.3. The lowest BCUT2D eigenvalue weighted by molar-refractivity contribution is 0.660. The van der Waals surface area contributed by atoms with E-state index in [-0.39, 0.29) is 16.2 Å². The zero-order chi connectivity index (χ0) is 40.6. The van der Waals surface area contributed by atoms with Crippen LogP contribution in [-0.2, 0) is 16.2 Å². The third-order valence-electron chi connectivity index (χ3n) is 14.0. The molecule has 0 fully saturated rings. The second-order valence-corrected chi connectivity index (χ2v) is 19.8. The van der Waals surface area contributed by atoms with E-state index in [1.807, 2.05) is 11.3 Å². The van der Waals surface area contributed by atoms with Gasteiger partial charge in [0.15, 0.2) is 0 Å². The Morgan fingerprint density at radius 3 is 1.24 bits per heavy atom. The molecule has 0 saturated heterocycles. The summed E-state index contributed by atoms with van der Waals surface area (Å²) in [5, 5.41) is 0. The fourth-order valence-electron chi connectivity index (χ4n) is 10.8. The van der Waals surface area contributed by atoms with Gasteiger partial charge in [0, 0.05) is 48.6 Å². The van der Waals surface area contributed by atoms with E-state index in [1.54, 1.807) is 0 Å². The number of nitrogens with zero attached hydrogens (tertiary/aromatic N) is 1. The molecule has 3 aliphatic rings. The second-order valence-electron chi connectivity index (χ2n) is 18.7.